The van der Waals surface area contributed by atoms with Crippen molar-refractivity contribution < 1.29 is 24.0 Å². The molecular formula is C20H21N3O6S. The summed E-state index contributed by atoms with van der Waals surface area (Å²) in [4.78, 5) is 48.2. The average Bonchev–Trinajstić information content (AvgIpc) is 3.05. The van der Waals surface area contributed by atoms with Gasteiger partial charge < -0.3 is 15.4 Å². The number of nitrogens with zero attached hydrogens (tertiary/aromatic N) is 1. The van der Waals surface area contributed by atoms with Gasteiger partial charge >= 0.3 is 5.97 Å². The van der Waals surface area contributed by atoms with Crippen molar-refractivity contribution >= 4 is 45.5 Å². The maximum absolute atomic E-state index is 12.9. The lowest BCUT2D eigenvalue weighted by Gasteiger charge is -2.16. The Morgan fingerprint density at radius 2 is 1.93 bits per heavy atom. The Labute approximate surface area is 176 Å². The smallest absolute Gasteiger partial charge is 0.342 e. The minimum Gasteiger partial charge on any atom is -0.449 e. The summed E-state index contributed by atoms with van der Waals surface area (Å²) in [5, 5.41) is 16.5. The van der Waals surface area contributed by atoms with Gasteiger partial charge in [-0.15, -0.1) is 11.3 Å². The second-order valence-electron chi connectivity index (χ2n) is 6.94. The number of anilines is 2. The minimum absolute atomic E-state index is 0.165. The molecule has 0 radical (unpaired) electrons. The lowest BCUT2D eigenvalue weighted by molar-refractivity contribution is -0.384. The molecule has 3 rings (SSSR count). The molecule has 1 aliphatic rings. The van der Waals surface area contributed by atoms with E-state index in [1.54, 1.807) is 0 Å². The van der Waals surface area contributed by atoms with Gasteiger partial charge in [-0.05, 0) is 44.2 Å². The second kappa shape index (κ2) is 9.04. The van der Waals surface area contributed by atoms with E-state index in [0.29, 0.717) is 17.0 Å². The van der Waals surface area contributed by atoms with Crippen molar-refractivity contribution in [3.63, 3.8) is 0 Å². The quantitative estimate of drug-likeness (QED) is 0.408. The van der Waals surface area contributed by atoms with Crippen LogP contribution in [0.15, 0.2) is 24.3 Å². The van der Waals surface area contributed by atoms with Gasteiger partial charge in [0.05, 0.1) is 10.5 Å². The molecule has 2 aromatic rings. The van der Waals surface area contributed by atoms with Crippen LogP contribution in [-0.4, -0.2) is 28.8 Å². The first-order chi connectivity index (χ1) is 14.3. The number of ether oxygens (including phenoxy) is 1. The van der Waals surface area contributed by atoms with Crippen LogP contribution in [0.1, 0.15) is 47.5 Å². The molecule has 30 heavy (non-hydrogen) atoms. The summed E-state index contributed by atoms with van der Waals surface area (Å²) in [5.74, 6) is -1.59. The zero-order valence-electron chi connectivity index (χ0n) is 16.5. The van der Waals surface area contributed by atoms with E-state index in [4.69, 9.17) is 4.74 Å². The fourth-order valence-electron chi connectivity index (χ4n) is 3.24. The predicted molar refractivity (Wildman–Crippen MR) is 112 cm³/mol. The lowest BCUT2D eigenvalue weighted by atomic mass is 9.95. The van der Waals surface area contributed by atoms with Crippen LogP contribution in [0, 0.1) is 10.1 Å². The van der Waals surface area contributed by atoms with E-state index in [1.807, 2.05) is 0 Å². The minimum atomic E-state index is -1.14. The number of nitro groups is 1. The van der Waals surface area contributed by atoms with Crippen LogP contribution in [0.25, 0.3) is 0 Å². The first kappa shape index (κ1) is 21.4. The van der Waals surface area contributed by atoms with Crippen LogP contribution in [0.5, 0.6) is 0 Å². The van der Waals surface area contributed by atoms with Crippen molar-refractivity contribution in [2.45, 2.75) is 45.6 Å². The van der Waals surface area contributed by atoms with E-state index in [0.717, 1.165) is 29.7 Å². The number of non-ortho nitro benzene ring substituents is 1. The lowest BCUT2D eigenvalue weighted by Crippen LogP contribution is -2.30. The van der Waals surface area contributed by atoms with Crippen molar-refractivity contribution in [1.29, 1.82) is 0 Å². The van der Waals surface area contributed by atoms with Gasteiger partial charge in [-0.2, -0.15) is 0 Å². The van der Waals surface area contributed by atoms with Crippen LogP contribution >= 0.6 is 11.3 Å². The van der Waals surface area contributed by atoms with Crippen molar-refractivity contribution in [3.05, 3.63) is 50.4 Å². The van der Waals surface area contributed by atoms with Crippen LogP contribution in [-0.2, 0) is 27.2 Å². The Balaban J connectivity index is 1.74. The number of hydrogen-bond donors (Lipinski definition) is 2. The summed E-state index contributed by atoms with van der Waals surface area (Å²) in [6, 6.07) is 5.48. The maximum Gasteiger partial charge on any atom is 0.342 e. The van der Waals surface area contributed by atoms with E-state index in [-0.39, 0.29) is 17.3 Å². The number of carbonyl (C=O) groups is 3. The van der Waals surface area contributed by atoms with Gasteiger partial charge in [0, 0.05) is 29.6 Å². The molecular weight excluding hydrogens is 410 g/mol. The van der Waals surface area contributed by atoms with Gasteiger partial charge in [-0.3, -0.25) is 19.7 Å². The summed E-state index contributed by atoms with van der Waals surface area (Å²) < 4.78 is 5.37. The molecule has 0 aliphatic heterocycles. The number of benzene rings is 1. The number of thiophene rings is 1. The third-order valence-corrected chi connectivity index (χ3v) is 5.85. The number of nitrogens with one attached hydrogen (secondary N) is 2. The summed E-state index contributed by atoms with van der Waals surface area (Å²) in [6.07, 6.45) is 2.36. The molecule has 1 aromatic carbocycles. The molecule has 1 aromatic heterocycles. The third-order valence-electron chi connectivity index (χ3n) is 4.64. The Bertz CT molecular complexity index is 1020. The van der Waals surface area contributed by atoms with Crippen LogP contribution in [0.2, 0.25) is 0 Å². The standard InChI is InChI=1S/C20H21N3O6S/c1-11(18(25)22-13-6-5-7-14(10-13)23(27)28)29-20(26)17-15-8-3-4-9-16(15)30-19(17)21-12(2)24/h5-7,10-11H,3-4,8-9H2,1-2H3,(H,21,24)(H,22,25)/t11-/m1/s1. The third kappa shape index (κ3) is 4.82. The maximum atomic E-state index is 12.9. The van der Waals surface area contributed by atoms with Gasteiger partial charge in [0.1, 0.15) is 5.00 Å². The Hall–Kier alpha value is -3.27. The van der Waals surface area contributed by atoms with Crippen LogP contribution < -0.4 is 10.6 Å². The molecule has 2 amide bonds. The Kier molecular flexibility index (Phi) is 6.46. The highest BCUT2D eigenvalue weighted by Crippen LogP contribution is 2.38. The SMILES string of the molecule is CC(=O)Nc1sc2c(c1C(=O)O[C@H](C)C(=O)Nc1cccc([N+](=O)[O-])c1)CCCC2. The van der Waals surface area contributed by atoms with Crippen LogP contribution in [0.4, 0.5) is 16.4 Å². The van der Waals surface area contributed by atoms with E-state index in [1.165, 1.54) is 49.4 Å². The number of amides is 2. The molecule has 1 heterocycles. The molecule has 0 unspecified atom stereocenters. The Morgan fingerprint density at radius 3 is 2.63 bits per heavy atom. The van der Waals surface area contributed by atoms with E-state index < -0.39 is 22.9 Å². The summed E-state index contributed by atoms with van der Waals surface area (Å²) in [6.45, 7) is 2.78. The molecule has 0 saturated heterocycles. The molecule has 10 heteroatoms. The number of carbonyl (C=O) groups excluding carboxylic acids is 3. The number of aryl methyl sites for hydroxylation is 1. The number of esters is 1. The molecule has 1 atom stereocenters. The Morgan fingerprint density at radius 1 is 1.20 bits per heavy atom. The number of rotatable bonds is 6. The number of hydrogen-bond acceptors (Lipinski definition) is 7. The molecule has 9 nitrogen and oxygen atoms in total. The largest absolute Gasteiger partial charge is 0.449 e. The molecule has 0 spiro atoms. The van der Waals surface area contributed by atoms with Gasteiger partial charge in [0.2, 0.25) is 5.91 Å². The van der Waals surface area contributed by atoms with E-state index in [2.05, 4.69) is 10.6 Å². The summed E-state index contributed by atoms with van der Waals surface area (Å²) in [5.41, 5.74) is 1.23. The molecule has 1 aliphatic carbocycles. The summed E-state index contributed by atoms with van der Waals surface area (Å²) >= 11 is 1.36. The molecule has 0 fully saturated rings. The van der Waals surface area contributed by atoms with Gasteiger partial charge in [-0.25, -0.2) is 4.79 Å². The fourth-order valence-corrected chi connectivity index (χ4v) is 4.57. The first-order valence-electron chi connectivity index (χ1n) is 9.44. The fraction of sp³-hybridized carbons (Fsp3) is 0.350. The van der Waals surface area contributed by atoms with Gasteiger partial charge in [0.15, 0.2) is 6.10 Å². The molecule has 2 N–H and O–H groups in total. The van der Waals surface area contributed by atoms with Gasteiger partial charge in [0.25, 0.3) is 11.6 Å². The highest BCUT2D eigenvalue weighted by Gasteiger charge is 2.29. The zero-order chi connectivity index (χ0) is 21.8. The molecule has 0 saturated carbocycles. The van der Waals surface area contributed by atoms with Crippen LogP contribution in [0.3, 0.4) is 0 Å². The highest BCUT2D eigenvalue weighted by atomic mass is 32.1. The average molecular weight is 431 g/mol. The van der Waals surface area contributed by atoms with Crippen molar-refractivity contribution in [1.82, 2.24) is 0 Å². The summed E-state index contributed by atoms with van der Waals surface area (Å²) in [7, 11) is 0. The normalized spacial score (nSPS) is 13.7. The number of fused-ring (bicyclic) bond motifs is 1. The van der Waals surface area contributed by atoms with Crippen molar-refractivity contribution in [3.8, 4) is 0 Å². The second-order valence-corrected chi connectivity index (χ2v) is 8.05. The molecule has 0 bridgehead atoms. The molecule has 158 valence electrons. The number of nitro benzene ring substituents is 1. The topological polar surface area (TPSA) is 128 Å². The first-order valence-corrected chi connectivity index (χ1v) is 10.3. The van der Waals surface area contributed by atoms with Crippen molar-refractivity contribution in [2.75, 3.05) is 10.6 Å². The van der Waals surface area contributed by atoms with E-state index >= 15 is 0 Å². The zero-order valence-corrected chi connectivity index (χ0v) is 17.3. The highest BCUT2D eigenvalue weighted by molar-refractivity contribution is 7.17. The van der Waals surface area contributed by atoms with E-state index in [9.17, 15) is 24.5 Å². The monoisotopic (exact) mass is 431 g/mol. The van der Waals surface area contributed by atoms with Gasteiger partial charge in [-0.1, -0.05) is 6.07 Å². The predicted octanol–water partition coefficient (Wildman–Crippen LogP) is 3.68. The van der Waals surface area contributed by atoms with Crippen molar-refractivity contribution in [2.24, 2.45) is 0 Å².